The van der Waals surface area contributed by atoms with Gasteiger partial charge in [0.1, 0.15) is 0 Å². The second-order valence-corrected chi connectivity index (χ2v) is 7.24. The number of likely N-dealkylation sites (tertiary alicyclic amines) is 1. The SMILES string of the molecule is O=C(/C=C/CN1CCC[C@H]1c1cccnc1)NC1CCC(C(=O)O)CC1. The maximum atomic E-state index is 12.1. The number of carbonyl (C=O) groups is 2. The van der Waals surface area contributed by atoms with E-state index in [2.05, 4.69) is 21.3 Å². The van der Waals surface area contributed by atoms with Crippen molar-refractivity contribution in [3.05, 3.63) is 42.2 Å². The Morgan fingerprint density at radius 1 is 1.27 bits per heavy atom. The van der Waals surface area contributed by atoms with Gasteiger partial charge in [0.15, 0.2) is 0 Å². The molecule has 3 rings (SSSR count). The number of nitrogens with one attached hydrogen (secondary N) is 1. The maximum absolute atomic E-state index is 12.1. The molecule has 1 amide bonds. The van der Waals surface area contributed by atoms with Crippen LogP contribution in [0.2, 0.25) is 0 Å². The molecular formula is C20H27N3O3. The lowest BCUT2D eigenvalue weighted by molar-refractivity contribution is -0.142. The summed E-state index contributed by atoms with van der Waals surface area (Å²) >= 11 is 0. The van der Waals surface area contributed by atoms with E-state index in [-0.39, 0.29) is 17.9 Å². The van der Waals surface area contributed by atoms with Gasteiger partial charge in [-0.1, -0.05) is 12.1 Å². The number of aromatic nitrogens is 1. The zero-order chi connectivity index (χ0) is 18.4. The van der Waals surface area contributed by atoms with Gasteiger partial charge >= 0.3 is 5.97 Å². The first kappa shape index (κ1) is 18.6. The van der Waals surface area contributed by atoms with E-state index in [0.717, 1.165) is 38.8 Å². The number of hydrogen-bond acceptors (Lipinski definition) is 4. The van der Waals surface area contributed by atoms with Crippen molar-refractivity contribution in [2.45, 2.75) is 50.6 Å². The molecule has 0 aromatic carbocycles. The van der Waals surface area contributed by atoms with Crippen LogP contribution in [0, 0.1) is 5.92 Å². The summed E-state index contributed by atoms with van der Waals surface area (Å²) < 4.78 is 0. The number of carboxylic acids is 1. The van der Waals surface area contributed by atoms with Crippen LogP contribution in [0.4, 0.5) is 0 Å². The average molecular weight is 357 g/mol. The monoisotopic (exact) mass is 357 g/mol. The first-order valence-electron chi connectivity index (χ1n) is 9.47. The quantitative estimate of drug-likeness (QED) is 0.765. The number of carbonyl (C=O) groups excluding carboxylic acids is 1. The molecule has 2 N–H and O–H groups in total. The molecule has 1 aromatic heterocycles. The number of pyridine rings is 1. The second kappa shape index (κ2) is 8.94. The molecule has 1 aliphatic carbocycles. The smallest absolute Gasteiger partial charge is 0.306 e. The van der Waals surface area contributed by atoms with Crippen molar-refractivity contribution in [2.24, 2.45) is 5.92 Å². The predicted octanol–water partition coefficient (Wildman–Crippen LogP) is 2.53. The Morgan fingerprint density at radius 2 is 2.08 bits per heavy atom. The molecule has 2 heterocycles. The van der Waals surface area contributed by atoms with Crippen LogP contribution in [-0.4, -0.2) is 46.0 Å². The third-order valence-electron chi connectivity index (χ3n) is 5.46. The first-order valence-corrected chi connectivity index (χ1v) is 9.47. The molecule has 2 fully saturated rings. The zero-order valence-corrected chi connectivity index (χ0v) is 15.0. The van der Waals surface area contributed by atoms with E-state index in [1.165, 1.54) is 5.56 Å². The largest absolute Gasteiger partial charge is 0.481 e. The molecule has 1 saturated heterocycles. The fraction of sp³-hybridized carbons (Fsp3) is 0.550. The summed E-state index contributed by atoms with van der Waals surface area (Å²) in [6, 6.07) is 4.55. The van der Waals surface area contributed by atoms with Gasteiger partial charge in [0, 0.05) is 37.1 Å². The number of amides is 1. The Morgan fingerprint density at radius 3 is 2.77 bits per heavy atom. The third-order valence-corrected chi connectivity index (χ3v) is 5.46. The second-order valence-electron chi connectivity index (χ2n) is 7.24. The summed E-state index contributed by atoms with van der Waals surface area (Å²) in [6.45, 7) is 1.78. The summed E-state index contributed by atoms with van der Waals surface area (Å²) in [5.74, 6) is -1.05. The van der Waals surface area contributed by atoms with E-state index >= 15 is 0 Å². The van der Waals surface area contributed by atoms with Crippen LogP contribution < -0.4 is 5.32 Å². The third kappa shape index (κ3) is 4.91. The molecule has 6 nitrogen and oxygen atoms in total. The van der Waals surface area contributed by atoms with E-state index in [1.54, 1.807) is 12.3 Å². The molecule has 0 bridgehead atoms. The molecule has 1 aromatic rings. The molecule has 1 aliphatic heterocycles. The van der Waals surface area contributed by atoms with Crippen molar-refractivity contribution < 1.29 is 14.7 Å². The van der Waals surface area contributed by atoms with Crippen molar-refractivity contribution in [2.75, 3.05) is 13.1 Å². The first-order chi connectivity index (χ1) is 12.6. The predicted molar refractivity (Wildman–Crippen MR) is 98.4 cm³/mol. The Bertz CT molecular complexity index is 639. The molecule has 0 spiro atoms. The minimum absolute atomic E-state index is 0.0825. The number of hydrogen-bond donors (Lipinski definition) is 2. The molecule has 1 saturated carbocycles. The average Bonchev–Trinajstić information content (AvgIpc) is 3.11. The van der Waals surface area contributed by atoms with Gasteiger partial charge in [-0.2, -0.15) is 0 Å². The van der Waals surface area contributed by atoms with Crippen molar-refractivity contribution >= 4 is 11.9 Å². The molecule has 0 radical (unpaired) electrons. The number of aliphatic carboxylic acids is 1. The molecule has 2 aliphatic rings. The van der Waals surface area contributed by atoms with Gasteiger partial charge in [0.05, 0.1) is 5.92 Å². The van der Waals surface area contributed by atoms with Crippen molar-refractivity contribution in [1.82, 2.24) is 15.2 Å². The van der Waals surface area contributed by atoms with E-state index in [1.807, 2.05) is 18.3 Å². The van der Waals surface area contributed by atoms with Crippen molar-refractivity contribution in [3.63, 3.8) is 0 Å². The van der Waals surface area contributed by atoms with Gasteiger partial charge in [-0.05, 0) is 56.7 Å². The maximum Gasteiger partial charge on any atom is 0.306 e. The fourth-order valence-corrected chi connectivity index (χ4v) is 4.02. The van der Waals surface area contributed by atoms with Gasteiger partial charge in [-0.25, -0.2) is 0 Å². The van der Waals surface area contributed by atoms with Crippen LogP contribution in [0.1, 0.15) is 50.1 Å². The van der Waals surface area contributed by atoms with Gasteiger partial charge in [-0.15, -0.1) is 0 Å². The van der Waals surface area contributed by atoms with Gasteiger partial charge in [-0.3, -0.25) is 19.5 Å². The lowest BCUT2D eigenvalue weighted by Gasteiger charge is -2.26. The van der Waals surface area contributed by atoms with Crippen molar-refractivity contribution in [1.29, 1.82) is 0 Å². The van der Waals surface area contributed by atoms with E-state index < -0.39 is 5.97 Å². The van der Waals surface area contributed by atoms with Crippen molar-refractivity contribution in [3.8, 4) is 0 Å². The Labute approximate surface area is 154 Å². The normalized spacial score (nSPS) is 26.8. The van der Waals surface area contributed by atoms with Gasteiger partial charge in [0.25, 0.3) is 0 Å². The Kier molecular flexibility index (Phi) is 6.39. The van der Waals surface area contributed by atoms with E-state index in [9.17, 15) is 9.59 Å². The minimum atomic E-state index is -0.719. The minimum Gasteiger partial charge on any atom is -0.481 e. The molecular weight excluding hydrogens is 330 g/mol. The summed E-state index contributed by atoms with van der Waals surface area (Å²) in [7, 11) is 0. The standard InChI is InChI=1S/C20H27N3O3/c24-19(22-17-9-7-15(8-10-17)20(25)26)6-3-13-23-12-2-5-18(23)16-4-1-11-21-14-16/h1,3-4,6,11,14-15,17-18H,2,5,7-10,12-13H2,(H,22,24)(H,25,26)/b6-3+/t15?,17?,18-/m0/s1. The van der Waals surface area contributed by atoms with Crippen LogP contribution in [0.5, 0.6) is 0 Å². The summed E-state index contributed by atoms with van der Waals surface area (Å²) in [4.78, 5) is 29.7. The topological polar surface area (TPSA) is 82.5 Å². The van der Waals surface area contributed by atoms with Crippen LogP contribution in [0.3, 0.4) is 0 Å². The van der Waals surface area contributed by atoms with Crippen LogP contribution in [0.25, 0.3) is 0 Å². The van der Waals surface area contributed by atoms with Gasteiger partial charge < -0.3 is 10.4 Å². The van der Waals surface area contributed by atoms with Crippen LogP contribution in [0.15, 0.2) is 36.7 Å². The Balaban J connectivity index is 1.43. The van der Waals surface area contributed by atoms with Crippen LogP contribution in [-0.2, 0) is 9.59 Å². The molecule has 6 heteroatoms. The van der Waals surface area contributed by atoms with E-state index in [0.29, 0.717) is 18.9 Å². The summed E-state index contributed by atoms with van der Waals surface area (Å²) in [5, 5.41) is 12.0. The molecule has 26 heavy (non-hydrogen) atoms. The fourth-order valence-electron chi connectivity index (χ4n) is 4.02. The molecule has 1 atom stereocenters. The highest BCUT2D eigenvalue weighted by atomic mass is 16.4. The van der Waals surface area contributed by atoms with E-state index in [4.69, 9.17) is 5.11 Å². The van der Waals surface area contributed by atoms with Crippen LogP contribution >= 0.6 is 0 Å². The highest BCUT2D eigenvalue weighted by Gasteiger charge is 2.27. The number of carboxylic acid groups (broad SMARTS) is 1. The Hall–Kier alpha value is -2.21. The lowest BCUT2D eigenvalue weighted by Crippen LogP contribution is -2.38. The highest BCUT2D eigenvalue weighted by molar-refractivity contribution is 5.87. The molecule has 140 valence electrons. The highest BCUT2D eigenvalue weighted by Crippen LogP contribution is 2.31. The number of nitrogens with zero attached hydrogens (tertiary/aromatic N) is 2. The number of rotatable bonds is 6. The lowest BCUT2D eigenvalue weighted by atomic mass is 9.86. The summed E-state index contributed by atoms with van der Waals surface area (Å²) in [5.41, 5.74) is 1.23. The summed E-state index contributed by atoms with van der Waals surface area (Å²) in [6.07, 6.45) is 12.3. The zero-order valence-electron chi connectivity index (χ0n) is 15.0. The van der Waals surface area contributed by atoms with Gasteiger partial charge in [0.2, 0.25) is 5.91 Å². The molecule has 0 unspecified atom stereocenters.